The number of nitrogens with two attached hydrogens (primary N) is 1. The Bertz CT molecular complexity index is 98.6. The fraction of sp³-hybridized carbons (Fsp3) is 0.200. The van der Waals surface area contributed by atoms with Gasteiger partial charge in [0.2, 0.25) is 0 Å². The molecule has 46 valence electrons. The molecule has 0 heterocycles. The van der Waals surface area contributed by atoms with Crippen molar-refractivity contribution in [1.82, 2.24) is 5.32 Å². The van der Waals surface area contributed by atoms with Gasteiger partial charge in [-0.05, 0) is 6.08 Å². The highest BCUT2D eigenvalue weighted by atomic mass is 16.3. The minimum absolute atomic E-state index is 0.0796. The van der Waals surface area contributed by atoms with Gasteiger partial charge >= 0.3 is 0 Å². The molecule has 0 amide bonds. The van der Waals surface area contributed by atoms with E-state index in [1.807, 2.05) is 0 Å². The Kier molecular flexibility index (Phi) is 3.70. The number of hydrogen-bond acceptors (Lipinski definition) is 3. The van der Waals surface area contributed by atoms with Crippen LogP contribution in [0.5, 0.6) is 0 Å². The molecule has 3 heteroatoms. The van der Waals surface area contributed by atoms with E-state index < -0.39 is 0 Å². The molecule has 0 aromatic heterocycles. The topological polar surface area (TPSA) is 58.3 Å². The molecule has 0 fully saturated rings. The van der Waals surface area contributed by atoms with E-state index in [4.69, 9.17) is 10.8 Å². The second-order valence-corrected chi connectivity index (χ2v) is 1.27. The number of nitrogens with one attached hydrogen (secondary N) is 1. The molecule has 0 aromatic carbocycles. The largest absolute Gasteiger partial charge is 0.399 e. The van der Waals surface area contributed by atoms with Crippen molar-refractivity contribution >= 4 is 0 Å². The van der Waals surface area contributed by atoms with Gasteiger partial charge in [-0.25, -0.2) is 0 Å². The van der Waals surface area contributed by atoms with Crippen molar-refractivity contribution in [2.45, 2.75) is 0 Å². The third-order valence-electron chi connectivity index (χ3n) is 0.507. The molecule has 4 N–H and O–H groups in total. The highest BCUT2D eigenvalue weighted by Gasteiger charge is 1.70. The Balaban J connectivity index is 3.20. The highest BCUT2D eigenvalue weighted by Crippen LogP contribution is 1.75. The summed E-state index contributed by atoms with van der Waals surface area (Å²) in [4.78, 5) is 0. The minimum atomic E-state index is -0.0796. The summed E-state index contributed by atoms with van der Waals surface area (Å²) in [6.07, 6.45) is 3.10. The molecule has 0 aliphatic carbocycles. The van der Waals surface area contributed by atoms with Crippen LogP contribution in [0.15, 0.2) is 24.6 Å². The number of aliphatic hydroxyl groups is 1. The molecule has 0 aliphatic heterocycles. The molecule has 0 unspecified atom stereocenters. The quantitative estimate of drug-likeness (QED) is 0.343. The van der Waals surface area contributed by atoms with E-state index in [0.29, 0.717) is 5.70 Å². The average molecular weight is 114 g/mol. The van der Waals surface area contributed by atoms with Crippen molar-refractivity contribution in [3.8, 4) is 0 Å². The summed E-state index contributed by atoms with van der Waals surface area (Å²) in [5.41, 5.74) is 5.59. The van der Waals surface area contributed by atoms with E-state index in [-0.39, 0.29) is 6.73 Å². The molecule has 0 spiro atoms. The van der Waals surface area contributed by atoms with Crippen molar-refractivity contribution in [3.63, 3.8) is 0 Å². The molecule has 3 nitrogen and oxygen atoms in total. The predicted octanol–water partition coefficient (Wildman–Crippen LogP) is -0.488. The van der Waals surface area contributed by atoms with Gasteiger partial charge in [0, 0.05) is 11.9 Å². The molecule has 0 bridgehead atoms. The molecule has 0 rings (SSSR count). The molecule has 0 aromatic rings. The fourth-order valence-corrected chi connectivity index (χ4v) is 0.219. The summed E-state index contributed by atoms with van der Waals surface area (Å²) in [5, 5.41) is 10.7. The van der Waals surface area contributed by atoms with Crippen LogP contribution in [0, 0.1) is 0 Å². The summed E-state index contributed by atoms with van der Waals surface area (Å²) in [7, 11) is 0. The van der Waals surface area contributed by atoms with Crippen LogP contribution in [-0.2, 0) is 0 Å². The van der Waals surface area contributed by atoms with Crippen molar-refractivity contribution in [2.24, 2.45) is 5.73 Å². The van der Waals surface area contributed by atoms with Crippen LogP contribution < -0.4 is 11.1 Å². The SMILES string of the molecule is C=C(N)/C=C\NCO. The Morgan fingerprint density at radius 3 is 2.88 bits per heavy atom. The third-order valence-corrected chi connectivity index (χ3v) is 0.507. The van der Waals surface area contributed by atoms with E-state index in [0.717, 1.165) is 0 Å². The van der Waals surface area contributed by atoms with Gasteiger partial charge in [-0.3, -0.25) is 0 Å². The van der Waals surface area contributed by atoms with Gasteiger partial charge in [0.1, 0.15) is 6.73 Å². The van der Waals surface area contributed by atoms with E-state index in [1.165, 1.54) is 6.20 Å². The standard InChI is InChI=1S/C5H10N2O/c1-5(6)2-3-7-4-8/h2-3,7-8H,1,4,6H2/b3-2-. The summed E-state index contributed by atoms with van der Waals surface area (Å²) < 4.78 is 0. The van der Waals surface area contributed by atoms with E-state index in [2.05, 4.69) is 11.9 Å². The van der Waals surface area contributed by atoms with Gasteiger partial charge in [-0.1, -0.05) is 6.58 Å². The van der Waals surface area contributed by atoms with Gasteiger partial charge < -0.3 is 16.2 Å². The fourth-order valence-electron chi connectivity index (χ4n) is 0.219. The monoisotopic (exact) mass is 114 g/mol. The van der Waals surface area contributed by atoms with Crippen molar-refractivity contribution in [1.29, 1.82) is 0 Å². The van der Waals surface area contributed by atoms with Gasteiger partial charge in [0.25, 0.3) is 0 Å². The lowest BCUT2D eigenvalue weighted by Crippen LogP contribution is -2.05. The Morgan fingerprint density at radius 2 is 2.50 bits per heavy atom. The molecule has 0 saturated heterocycles. The number of aliphatic hydroxyl groups excluding tert-OH is 1. The number of allylic oxidation sites excluding steroid dienone is 1. The highest BCUT2D eigenvalue weighted by molar-refractivity contribution is 5.08. The minimum Gasteiger partial charge on any atom is -0.399 e. The average Bonchev–Trinajstić information content (AvgIpc) is 1.66. The lowest BCUT2D eigenvalue weighted by molar-refractivity contribution is 0.280. The van der Waals surface area contributed by atoms with Gasteiger partial charge in [-0.2, -0.15) is 0 Å². The second-order valence-electron chi connectivity index (χ2n) is 1.27. The Hall–Kier alpha value is -0.960. The van der Waals surface area contributed by atoms with E-state index in [1.54, 1.807) is 6.08 Å². The van der Waals surface area contributed by atoms with Gasteiger partial charge in [0.05, 0.1) is 0 Å². The normalized spacial score (nSPS) is 9.62. The zero-order chi connectivity index (χ0) is 6.41. The van der Waals surface area contributed by atoms with Crippen LogP contribution >= 0.6 is 0 Å². The first-order valence-corrected chi connectivity index (χ1v) is 2.22. The number of rotatable bonds is 3. The maximum absolute atomic E-state index is 8.15. The zero-order valence-electron chi connectivity index (χ0n) is 4.59. The van der Waals surface area contributed by atoms with Crippen LogP contribution in [-0.4, -0.2) is 11.8 Å². The first-order chi connectivity index (χ1) is 3.77. The molecular weight excluding hydrogens is 104 g/mol. The third kappa shape index (κ3) is 5.04. The molecule has 0 aliphatic rings. The van der Waals surface area contributed by atoms with Crippen LogP contribution in [0.1, 0.15) is 0 Å². The second kappa shape index (κ2) is 4.21. The first-order valence-electron chi connectivity index (χ1n) is 2.22. The maximum Gasteiger partial charge on any atom is 0.112 e. The summed E-state index contributed by atoms with van der Waals surface area (Å²) >= 11 is 0. The van der Waals surface area contributed by atoms with Gasteiger partial charge in [-0.15, -0.1) is 0 Å². The zero-order valence-corrected chi connectivity index (χ0v) is 4.59. The van der Waals surface area contributed by atoms with E-state index in [9.17, 15) is 0 Å². The van der Waals surface area contributed by atoms with Gasteiger partial charge in [0.15, 0.2) is 0 Å². The molecule has 0 radical (unpaired) electrons. The van der Waals surface area contributed by atoms with Crippen LogP contribution in [0.3, 0.4) is 0 Å². The predicted molar refractivity (Wildman–Crippen MR) is 32.7 cm³/mol. The lowest BCUT2D eigenvalue weighted by Gasteiger charge is -1.89. The summed E-state index contributed by atoms with van der Waals surface area (Å²) in [6.45, 7) is 3.32. The maximum atomic E-state index is 8.15. The van der Waals surface area contributed by atoms with Crippen LogP contribution in [0.25, 0.3) is 0 Å². The number of hydrogen-bond donors (Lipinski definition) is 3. The van der Waals surface area contributed by atoms with Crippen LogP contribution in [0.2, 0.25) is 0 Å². The van der Waals surface area contributed by atoms with Crippen LogP contribution in [0.4, 0.5) is 0 Å². The summed E-state index contributed by atoms with van der Waals surface area (Å²) in [5.74, 6) is 0. The Labute approximate surface area is 48.5 Å². The molecule has 8 heavy (non-hydrogen) atoms. The smallest absolute Gasteiger partial charge is 0.112 e. The molecule has 0 atom stereocenters. The van der Waals surface area contributed by atoms with Crippen molar-refractivity contribution in [2.75, 3.05) is 6.73 Å². The van der Waals surface area contributed by atoms with Crippen molar-refractivity contribution < 1.29 is 5.11 Å². The summed E-state index contributed by atoms with van der Waals surface area (Å²) in [6, 6.07) is 0. The Morgan fingerprint density at radius 1 is 1.88 bits per heavy atom. The van der Waals surface area contributed by atoms with Crippen molar-refractivity contribution in [3.05, 3.63) is 24.6 Å². The van der Waals surface area contributed by atoms with E-state index >= 15 is 0 Å². The first kappa shape index (κ1) is 7.04. The lowest BCUT2D eigenvalue weighted by atomic mass is 10.5. The molecule has 0 saturated carbocycles. The molecular formula is C5H10N2O.